The first-order chi connectivity index (χ1) is 9.47. The topological polar surface area (TPSA) is 32.3 Å². The van der Waals surface area contributed by atoms with Crippen LogP contribution in [0.4, 0.5) is 18.9 Å². The molecule has 0 fully saturated rings. The van der Waals surface area contributed by atoms with E-state index >= 15 is 0 Å². The van der Waals surface area contributed by atoms with E-state index in [1.807, 2.05) is 30.3 Å². The average Bonchev–Trinajstić information content (AvgIpc) is 2.45. The Hall–Kier alpha value is -1.98. The summed E-state index contributed by atoms with van der Waals surface area (Å²) in [6.07, 6.45) is -3.33. The molecule has 2 rings (SSSR count). The van der Waals surface area contributed by atoms with E-state index in [-0.39, 0.29) is 32.0 Å². The lowest BCUT2D eigenvalue weighted by atomic mass is 10.1. The van der Waals surface area contributed by atoms with Crippen molar-refractivity contribution in [3.8, 4) is 0 Å². The summed E-state index contributed by atoms with van der Waals surface area (Å²) >= 11 is 0. The van der Waals surface area contributed by atoms with Gasteiger partial charge in [-0.2, -0.15) is 13.2 Å². The Balaban J connectivity index is 1.85. The van der Waals surface area contributed by atoms with Crippen LogP contribution in [-0.4, -0.2) is 36.6 Å². The summed E-state index contributed by atoms with van der Waals surface area (Å²) in [5.41, 5.74) is 0.266. The van der Waals surface area contributed by atoms with Crippen LogP contribution in [0.25, 0.3) is 0 Å². The van der Waals surface area contributed by atoms with Gasteiger partial charge in [0.05, 0.1) is 6.54 Å². The van der Waals surface area contributed by atoms with Gasteiger partial charge in [-0.3, -0.25) is 4.79 Å². The molecule has 0 saturated carbocycles. The number of hydrogen-bond acceptors (Lipinski definition) is 2. The van der Waals surface area contributed by atoms with Crippen molar-refractivity contribution in [1.29, 1.82) is 0 Å². The van der Waals surface area contributed by atoms with Gasteiger partial charge < -0.3 is 10.2 Å². The highest BCUT2D eigenvalue weighted by Gasteiger charge is 2.35. The van der Waals surface area contributed by atoms with Crippen LogP contribution in [0.5, 0.6) is 0 Å². The highest BCUT2D eigenvalue weighted by molar-refractivity contribution is 5.81. The number of alkyl halides is 3. The Morgan fingerprint density at radius 2 is 1.95 bits per heavy atom. The van der Waals surface area contributed by atoms with E-state index in [2.05, 4.69) is 5.32 Å². The highest BCUT2D eigenvalue weighted by Crippen LogP contribution is 2.30. The molecule has 1 heterocycles. The summed E-state index contributed by atoms with van der Waals surface area (Å²) in [5.74, 6) is -0.202. The summed E-state index contributed by atoms with van der Waals surface area (Å²) < 4.78 is 37.4. The first-order valence-electron chi connectivity index (χ1n) is 6.30. The van der Waals surface area contributed by atoms with Crippen LogP contribution < -0.4 is 5.32 Å². The number of amides is 1. The van der Waals surface area contributed by atoms with Crippen molar-refractivity contribution in [2.45, 2.75) is 12.6 Å². The fourth-order valence-corrected chi connectivity index (χ4v) is 2.00. The predicted octanol–water partition coefficient (Wildman–Crippen LogP) is 2.82. The predicted molar refractivity (Wildman–Crippen MR) is 70.3 cm³/mol. The SMILES string of the molecule is O=C(CNc1ccccc1)N1CC=C(C(F)(F)F)CC1. The Bertz CT molecular complexity index is 497. The van der Waals surface area contributed by atoms with Gasteiger partial charge in [0.2, 0.25) is 5.91 Å². The van der Waals surface area contributed by atoms with Gasteiger partial charge in [-0.05, 0) is 18.6 Å². The van der Waals surface area contributed by atoms with Gasteiger partial charge in [0, 0.05) is 24.4 Å². The van der Waals surface area contributed by atoms with Crippen molar-refractivity contribution in [3.05, 3.63) is 42.0 Å². The van der Waals surface area contributed by atoms with E-state index < -0.39 is 11.7 Å². The summed E-state index contributed by atoms with van der Waals surface area (Å²) in [7, 11) is 0. The molecule has 0 aliphatic carbocycles. The Kier molecular flexibility index (Phi) is 4.32. The van der Waals surface area contributed by atoms with Crippen LogP contribution in [0.3, 0.4) is 0 Å². The summed E-state index contributed by atoms with van der Waals surface area (Å²) in [6, 6.07) is 9.19. The number of carbonyl (C=O) groups excluding carboxylic acids is 1. The zero-order valence-corrected chi connectivity index (χ0v) is 10.8. The largest absolute Gasteiger partial charge is 0.412 e. The number of para-hydroxylation sites is 1. The molecule has 1 aromatic carbocycles. The molecule has 0 unspecified atom stereocenters. The molecule has 1 N–H and O–H groups in total. The molecule has 0 aromatic heterocycles. The lowest BCUT2D eigenvalue weighted by Crippen LogP contribution is -2.39. The lowest BCUT2D eigenvalue weighted by Gasteiger charge is -2.27. The fraction of sp³-hybridized carbons (Fsp3) is 0.357. The number of benzene rings is 1. The van der Waals surface area contributed by atoms with Gasteiger partial charge >= 0.3 is 6.18 Å². The minimum Gasteiger partial charge on any atom is -0.376 e. The number of nitrogens with zero attached hydrogens (tertiary/aromatic N) is 1. The molecule has 1 aliphatic heterocycles. The van der Waals surface area contributed by atoms with Crippen molar-refractivity contribution in [3.63, 3.8) is 0 Å². The van der Waals surface area contributed by atoms with Gasteiger partial charge in [-0.15, -0.1) is 0 Å². The molecule has 3 nitrogen and oxygen atoms in total. The monoisotopic (exact) mass is 284 g/mol. The lowest BCUT2D eigenvalue weighted by molar-refractivity contribution is -0.130. The maximum Gasteiger partial charge on any atom is 0.412 e. The Morgan fingerprint density at radius 1 is 1.25 bits per heavy atom. The first-order valence-corrected chi connectivity index (χ1v) is 6.30. The molecule has 1 aliphatic rings. The summed E-state index contributed by atoms with van der Waals surface area (Å²) in [4.78, 5) is 13.3. The molecule has 6 heteroatoms. The second-order valence-electron chi connectivity index (χ2n) is 4.54. The fourth-order valence-electron chi connectivity index (χ4n) is 2.00. The van der Waals surface area contributed by atoms with Crippen molar-refractivity contribution in [2.75, 3.05) is 25.0 Å². The molecule has 20 heavy (non-hydrogen) atoms. The Morgan fingerprint density at radius 3 is 2.50 bits per heavy atom. The first kappa shape index (κ1) is 14.4. The number of carbonyl (C=O) groups is 1. The third kappa shape index (κ3) is 3.76. The molecule has 0 spiro atoms. The van der Waals surface area contributed by atoms with Gasteiger partial charge in [0.25, 0.3) is 0 Å². The quantitative estimate of drug-likeness (QED) is 0.866. The third-order valence-corrected chi connectivity index (χ3v) is 3.14. The Labute approximate surface area is 115 Å². The van der Waals surface area contributed by atoms with Crippen LogP contribution >= 0.6 is 0 Å². The molecule has 0 bridgehead atoms. The molecule has 0 saturated heterocycles. The summed E-state index contributed by atoms with van der Waals surface area (Å²) in [5, 5.41) is 2.95. The second-order valence-corrected chi connectivity index (χ2v) is 4.54. The van der Waals surface area contributed by atoms with E-state index in [1.165, 1.54) is 4.90 Å². The van der Waals surface area contributed by atoms with Gasteiger partial charge in [0.15, 0.2) is 0 Å². The molecule has 0 atom stereocenters. The zero-order chi connectivity index (χ0) is 14.6. The van der Waals surface area contributed by atoms with Crippen LogP contribution in [0.2, 0.25) is 0 Å². The van der Waals surface area contributed by atoms with Crippen LogP contribution in [0.15, 0.2) is 42.0 Å². The molecule has 108 valence electrons. The maximum atomic E-state index is 12.5. The number of nitrogens with one attached hydrogen (secondary N) is 1. The smallest absolute Gasteiger partial charge is 0.376 e. The van der Waals surface area contributed by atoms with Crippen LogP contribution in [0.1, 0.15) is 6.42 Å². The van der Waals surface area contributed by atoms with E-state index in [0.717, 1.165) is 11.8 Å². The minimum absolute atomic E-state index is 0.0180. The molecular formula is C14H15F3N2O. The molecule has 0 radical (unpaired) electrons. The standard InChI is InChI=1S/C14H15F3N2O/c15-14(16,17)11-6-8-19(9-7-11)13(20)10-18-12-4-2-1-3-5-12/h1-6,18H,7-10H2. The molecule has 1 amide bonds. The van der Waals surface area contributed by atoms with Crippen LogP contribution in [0, 0.1) is 0 Å². The minimum atomic E-state index is -4.28. The maximum absolute atomic E-state index is 12.5. The average molecular weight is 284 g/mol. The second kappa shape index (κ2) is 5.98. The van der Waals surface area contributed by atoms with E-state index in [1.54, 1.807) is 0 Å². The number of anilines is 1. The molecular weight excluding hydrogens is 269 g/mol. The summed E-state index contributed by atoms with van der Waals surface area (Å²) in [6.45, 7) is 0.212. The normalized spacial score (nSPS) is 15.8. The number of rotatable bonds is 3. The third-order valence-electron chi connectivity index (χ3n) is 3.14. The van der Waals surface area contributed by atoms with Crippen molar-refractivity contribution in [2.24, 2.45) is 0 Å². The van der Waals surface area contributed by atoms with Gasteiger partial charge in [0.1, 0.15) is 0 Å². The van der Waals surface area contributed by atoms with Crippen molar-refractivity contribution < 1.29 is 18.0 Å². The van der Waals surface area contributed by atoms with E-state index in [0.29, 0.717) is 0 Å². The zero-order valence-electron chi connectivity index (χ0n) is 10.8. The van der Waals surface area contributed by atoms with Crippen molar-refractivity contribution in [1.82, 2.24) is 4.90 Å². The van der Waals surface area contributed by atoms with Gasteiger partial charge in [-0.25, -0.2) is 0 Å². The van der Waals surface area contributed by atoms with E-state index in [9.17, 15) is 18.0 Å². The van der Waals surface area contributed by atoms with E-state index in [4.69, 9.17) is 0 Å². The highest BCUT2D eigenvalue weighted by atomic mass is 19.4. The van der Waals surface area contributed by atoms with Crippen LogP contribution in [-0.2, 0) is 4.79 Å². The van der Waals surface area contributed by atoms with Crippen molar-refractivity contribution >= 4 is 11.6 Å². The number of halogens is 3. The van der Waals surface area contributed by atoms with Gasteiger partial charge in [-0.1, -0.05) is 24.3 Å². The number of hydrogen-bond donors (Lipinski definition) is 1. The molecule has 1 aromatic rings.